The van der Waals surface area contributed by atoms with Gasteiger partial charge in [-0.3, -0.25) is 0 Å². The van der Waals surface area contributed by atoms with Crippen molar-refractivity contribution in [3.05, 3.63) is 35.9 Å². The molecule has 0 N–H and O–H groups in total. The van der Waals surface area contributed by atoms with Crippen molar-refractivity contribution >= 4 is 7.06 Å². The molecule has 0 fully saturated rings. The Morgan fingerprint density at radius 3 is 1.43 bits per heavy atom. The molecule has 0 aliphatic rings. The minimum absolute atomic E-state index is 0.167. The Morgan fingerprint density at radius 2 is 1.13 bits per heavy atom. The molecule has 0 aliphatic carbocycles. The number of hydrogen-bond acceptors (Lipinski definition) is 1. The van der Waals surface area contributed by atoms with Gasteiger partial charge in [0.25, 0.3) is 0 Å². The van der Waals surface area contributed by atoms with E-state index in [-0.39, 0.29) is 12.6 Å². The van der Waals surface area contributed by atoms with E-state index in [1.165, 1.54) is 18.2 Å². The zero-order chi connectivity index (χ0) is 18.3. The molecule has 0 atom stereocenters. The van der Waals surface area contributed by atoms with E-state index in [4.69, 9.17) is 0 Å². The van der Waals surface area contributed by atoms with Crippen molar-refractivity contribution in [2.24, 2.45) is 0 Å². The number of rotatable bonds is 3. The predicted molar refractivity (Wildman–Crippen MR) is 64.1 cm³/mol. The summed E-state index contributed by atoms with van der Waals surface area (Å²) in [6, 6.07) is 5.69. The maximum atomic E-state index is 14.5. The second-order valence-electron chi connectivity index (χ2n) is 4.67. The molecule has 1 aromatic carbocycles. The fourth-order valence-electron chi connectivity index (χ4n) is 1.99. The van der Waals surface area contributed by atoms with E-state index < -0.39 is 36.0 Å². The van der Waals surface area contributed by atoms with Crippen LogP contribution in [0.3, 0.4) is 0 Å². The van der Waals surface area contributed by atoms with Gasteiger partial charge in [-0.15, -0.1) is 0 Å². The van der Waals surface area contributed by atoms with Crippen LogP contribution in [-0.2, 0) is 6.54 Å². The number of halogens is 10. The van der Waals surface area contributed by atoms with E-state index in [1.54, 1.807) is 0 Å². The molecule has 1 aromatic rings. The van der Waals surface area contributed by atoms with Gasteiger partial charge < -0.3 is 0 Å². The first-order valence-electron chi connectivity index (χ1n) is 5.77. The van der Waals surface area contributed by atoms with Crippen LogP contribution in [0, 0.1) is 0 Å². The topological polar surface area (TPSA) is 3.24 Å². The van der Waals surface area contributed by atoms with E-state index in [0.717, 1.165) is 12.1 Å². The molecule has 134 valence electrons. The van der Waals surface area contributed by atoms with Crippen LogP contribution >= 0.6 is 7.06 Å². The second-order valence-corrected chi connectivity index (χ2v) is 8.80. The number of hydrogen-bond donors (Lipinski definition) is 0. The van der Waals surface area contributed by atoms with Crippen LogP contribution in [0.15, 0.2) is 30.3 Å². The molecular formula is C11H10F10NP. The molecule has 12 heteroatoms. The summed E-state index contributed by atoms with van der Waals surface area (Å²) < 4.78 is 129. The average Bonchev–Trinajstić information content (AvgIpc) is 2.34. The van der Waals surface area contributed by atoms with E-state index >= 15 is 0 Å². The second kappa shape index (κ2) is 5.47. The van der Waals surface area contributed by atoms with Crippen LogP contribution < -0.4 is 0 Å². The molecule has 0 spiro atoms. The van der Waals surface area contributed by atoms with Crippen molar-refractivity contribution in [1.29, 1.82) is 0 Å². The van der Waals surface area contributed by atoms with E-state index in [2.05, 4.69) is 0 Å². The van der Waals surface area contributed by atoms with Crippen molar-refractivity contribution in [3.8, 4) is 0 Å². The first kappa shape index (κ1) is 20.0. The van der Waals surface area contributed by atoms with Crippen molar-refractivity contribution in [2.75, 3.05) is 7.05 Å². The molecule has 0 bridgehead atoms. The van der Waals surface area contributed by atoms with Gasteiger partial charge in [0.2, 0.25) is 0 Å². The molecule has 0 unspecified atom stereocenters. The normalized spacial score (nSPS) is 16.3. The molecule has 1 rings (SSSR count). The molecule has 0 heterocycles. The van der Waals surface area contributed by atoms with Gasteiger partial charge in [0.05, 0.1) is 0 Å². The molecular weight excluding hydrogens is 367 g/mol. The van der Waals surface area contributed by atoms with Crippen molar-refractivity contribution in [2.45, 2.75) is 24.3 Å². The van der Waals surface area contributed by atoms with Crippen LogP contribution in [-0.4, -0.2) is 29.5 Å². The Bertz CT molecular complexity index is 508. The van der Waals surface area contributed by atoms with Crippen molar-refractivity contribution in [3.63, 3.8) is 0 Å². The van der Waals surface area contributed by atoms with Crippen LogP contribution in [0.4, 0.5) is 43.7 Å². The summed E-state index contributed by atoms with van der Waals surface area (Å²) in [5.41, 5.74) is -0.334. The Morgan fingerprint density at radius 1 is 0.783 bits per heavy atom. The molecule has 1 nitrogen and oxygen atoms in total. The minimum atomic E-state index is -9.86. The summed E-state index contributed by atoms with van der Waals surface area (Å²) in [7, 11) is -10.0. The third-order valence-corrected chi connectivity index (χ3v) is 7.48. The summed E-state index contributed by atoms with van der Waals surface area (Å²) in [6.45, 7) is -1.52. The zero-order valence-corrected chi connectivity index (χ0v) is 12.2. The number of nitrogens with zero attached hydrogens (tertiary/aromatic N) is 1. The quantitative estimate of drug-likeness (QED) is 0.459. The van der Waals surface area contributed by atoms with Crippen LogP contribution in [0.1, 0.15) is 5.56 Å². The van der Waals surface area contributed by atoms with Crippen molar-refractivity contribution in [1.82, 2.24) is 4.67 Å². The summed E-state index contributed by atoms with van der Waals surface area (Å²) in [5, 5.41) is 0. The average molecular weight is 377 g/mol. The molecule has 0 aromatic heterocycles. The van der Waals surface area contributed by atoms with Gasteiger partial charge >= 0.3 is 123 Å². The first-order valence-corrected chi connectivity index (χ1v) is 7.85. The van der Waals surface area contributed by atoms with Gasteiger partial charge in [-0.2, -0.15) is 0 Å². The van der Waals surface area contributed by atoms with Crippen molar-refractivity contribution < 1.29 is 43.7 Å². The third-order valence-electron chi connectivity index (χ3n) is 3.28. The molecule has 0 saturated carbocycles. The van der Waals surface area contributed by atoms with Gasteiger partial charge in [0, 0.05) is 0 Å². The first-order chi connectivity index (χ1) is 10.1. The van der Waals surface area contributed by atoms with Crippen LogP contribution in [0.2, 0.25) is 0 Å². The maximum absolute atomic E-state index is 14.5. The molecule has 23 heavy (non-hydrogen) atoms. The Labute approximate surface area is 124 Å². The third kappa shape index (κ3) is 2.48. The standard InChI is InChI=1S/C11H10F10NP/c1-22(7-8-5-3-2-4-6-8)23(21,9(12,13)14,10(15,16)17)11(18,19)20/h2-6H,7H2,1H3. The van der Waals surface area contributed by atoms with E-state index in [1.807, 2.05) is 0 Å². The van der Waals surface area contributed by atoms with Crippen LogP contribution in [0.5, 0.6) is 0 Å². The van der Waals surface area contributed by atoms with Gasteiger partial charge in [-0.25, -0.2) is 0 Å². The Hall–Kier alpha value is -1.09. The Kier molecular flexibility index (Phi) is 4.75. The van der Waals surface area contributed by atoms with E-state index in [0.29, 0.717) is 0 Å². The van der Waals surface area contributed by atoms with Gasteiger partial charge in [-0.1, -0.05) is 0 Å². The molecule has 0 amide bonds. The van der Waals surface area contributed by atoms with Gasteiger partial charge in [-0.05, 0) is 0 Å². The van der Waals surface area contributed by atoms with Gasteiger partial charge in [0.15, 0.2) is 0 Å². The van der Waals surface area contributed by atoms with E-state index in [9.17, 15) is 43.7 Å². The summed E-state index contributed by atoms with van der Waals surface area (Å²) in [5.74, 6) is -21.6. The fourth-order valence-corrected chi connectivity index (χ4v) is 4.45. The van der Waals surface area contributed by atoms with Crippen LogP contribution in [0.25, 0.3) is 0 Å². The van der Waals surface area contributed by atoms with Gasteiger partial charge in [0.1, 0.15) is 0 Å². The number of benzene rings is 1. The summed E-state index contributed by atoms with van der Waals surface area (Å²) in [4.78, 5) is 0. The predicted octanol–water partition coefficient (Wildman–Crippen LogP) is 6.03. The monoisotopic (exact) mass is 377 g/mol. The summed E-state index contributed by atoms with van der Waals surface area (Å²) in [6.07, 6.45) is 0. The fraction of sp³-hybridized carbons (Fsp3) is 0.455. The number of alkyl halides is 9. The summed E-state index contributed by atoms with van der Waals surface area (Å²) >= 11 is 0. The zero-order valence-electron chi connectivity index (χ0n) is 11.3. The SMILES string of the molecule is CN(Cc1ccccc1)P(F)(C(F)(F)F)(C(F)(F)F)C(F)(F)F. The molecule has 0 saturated heterocycles. The molecule has 0 radical (unpaired) electrons. The molecule has 0 aliphatic heterocycles. The Balaban J connectivity index is 3.65.